The minimum atomic E-state index is -1.64. The molecule has 1 heterocycles. The van der Waals surface area contributed by atoms with E-state index in [1.165, 1.54) is 12.1 Å². The van der Waals surface area contributed by atoms with E-state index < -0.39 is 66.3 Å². The van der Waals surface area contributed by atoms with Gasteiger partial charge >= 0.3 is 30.0 Å². The van der Waals surface area contributed by atoms with Gasteiger partial charge in [-0.1, -0.05) is 6.07 Å². The molecule has 1 aromatic rings. The summed E-state index contributed by atoms with van der Waals surface area (Å²) in [4.78, 5) is 60.7. The zero-order valence-corrected chi connectivity index (χ0v) is 23.4. The fourth-order valence-corrected chi connectivity index (χ4v) is 3.77. The molecule has 1 fully saturated rings. The maximum Gasteiger partial charge on any atom is 0.407 e. The fourth-order valence-electron chi connectivity index (χ4n) is 3.77. The van der Waals surface area contributed by atoms with Crippen molar-refractivity contribution < 1.29 is 62.2 Å². The molecule has 1 aliphatic heterocycles. The summed E-state index contributed by atoms with van der Waals surface area (Å²) in [6.45, 7) is 7.88. The number of hydrogen-bond acceptors (Lipinski definition) is 13. The predicted molar refractivity (Wildman–Crippen MR) is 133 cm³/mol. The lowest BCUT2D eigenvalue weighted by Gasteiger charge is -2.43. The van der Waals surface area contributed by atoms with Crippen molar-refractivity contribution in [1.29, 1.82) is 0 Å². The molecule has 0 saturated carbocycles. The second-order valence-corrected chi connectivity index (χ2v) is 9.74. The van der Waals surface area contributed by atoms with Crippen molar-refractivity contribution in [3.8, 4) is 5.75 Å². The number of aliphatic hydroxyl groups excluding tert-OH is 1. The SMILES string of the molecule is COC(=O)[C@H]1O[C@@H](Oc2ccc(CO)cc2CNC(=O)OC(C)(C)C)[C@H](OC(C)=O)[C@@H](OC(C)=O)[C@@H]1OC(C)=O. The lowest BCUT2D eigenvalue weighted by molar-refractivity contribution is -0.282. The van der Waals surface area contributed by atoms with E-state index in [1.807, 2.05) is 0 Å². The molecule has 1 amide bonds. The van der Waals surface area contributed by atoms with E-state index in [4.69, 9.17) is 33.2 Å². The van der Waals surface area contributed by atoms with Crippen LogP contribution in [0.2, 0.25) is 0 Å². The van der Waals surface area contributed by atoms with Crippen LogP contribution >= 0.6 is 0 Å². The van der Waals surface area contributed by atoms with Gasteiger partial charge in [-0.15, -0.1) is 0 Å². The average molecular weight is 570 g/mol. The summed E-state index contributed by atoms with van der Waals surface area (Å²) in [5, 5.41) is 12.2. The van der Waals surface area contributed by atoms with E-state index >= 15 is 0 Å². The quantitative estimate of drug-likeness (QED) is 0.321. The molecule has 0 spiro atoms. The van der Waals surface area contributed by atoms with E-state index in [1.54, 1.807) is 26.8 Å². The van der Waals surface area contributed by atoms with Crippen LogP contribution in [0.25, 0.3) is 0 Å². The third-order valence-electron chi connectivity index (χ3n) is 5.21. The molecule has 2 rings (SSSR count). The third kappa shape index (κ3) is 9.38. The third-order valence-corrected chi connectivity index (χ3v) is 5.21. The largest absolute Gasteiger partial charge is 0.467 e. The molecule has 0 bridgehead atoms. The molecular weight excluding hydrogens is 534 g/mol. The molecule has 0 aliphatic carbocycles. The minimum absolute atomic E-state index is 0.0894. The molecule has 0 radical (unpaired) electrons. The maximum atomic E-state index is 12.6. The van der Waals surface area contributed by atoms with Gasteiger partial charge in [0.15, 0.2) is 18.3 Å². The number of ether oxygens (including phenoxy) is 7. The van der Waals surface area contributed by atoms with Gasteiger partial charge in [-0.05, 0) is 38.5 Å². The molecule has 222 valence electrons. The van der Waals surface area contributed by atoms with Crippen LogP contribution in [0.1, 0.15) is 52.7 Å². The monoisotopic (exact) mass is 569 g/mol. The van der Waals surface area contributed by atoms with Gasteiger partial charge < -0.3 is 43.6 Å². The minimum Gasteiger partial charge on any atom is -0.467 e. The highest BCUT2D eigenvalue weighted by atomic mass is 16.7. The topological polar surface area (TPSA) is 182 Å². The van der Waals surface area contributed by atoms with E-state index in [9.17, 15) is 29.1 Å². The van der Waals surface area contributed by atoms with Gasteiger partial charge in [-0.25, -0.2) is 9.59 Å². The Hall–Kier alpha value is -3.91. The van der Waals surface area contributed by atoms with Crippen LogP contribution in [0.15, 0.2) is 18.2 Å². The Balaban J connectivity index is 2.51. The second kappa shape index (κ2) is 13.9. The molecule has 5 atom stereocenters. The standard InChI is InChI=1S/C26H35NO13/c1-13(29)35-19-20(36-14(2)30)22(37-15(3)31)24(39-21(19)23(32)34-7)38-18-9-8-16(12-28)10-17(18)11-27-25(33)40-26(4,5)6/h8-10,19-22,24,28H,11-12H2,1-7H3,(H,27,33)/t19-,20-,21-,22+,24+/m0/s1. The Bertz CT molecular complexity index is 1100. The summed E-state index contributed by atoms with van der Waals surface area (Å²) in [7, 11) is 1.07. The first kappa shape index (κ1) is 32.3. The van der Waals surface area contributed by atoms with Gasteiger partial charge in [0.05, 0.1) is 13.7 Å². The summed E-state index contributed by atoms with van der Waals surface area (Å²) in [5.41, 5.74) is 0.0781. The van der Waals surface area contributed by atoms with Crippen LogP contribution < -0.4 is 10.1 Å². The van der Waals surface area contributed by atoms with Crippen molar-refractivity contribution >= 4 is 30.0 Å². The van der Waals surface area contributed by atoms with Crippen LogP contribution in [-0.4, -0.2) is 78.5 Å². The van der Waals surface area contributed by atoms with Crippen molar-refractivity contribution in [3.05, 3.63) is 29.3 Å². The van der Waals surface area contributed by atoms with Crippen LogP contribution in [0.5, 0.6) is 5.75 Å². The average Bonchev–Trinajstić information content (AvgIpc) is 2.84. The van der Waals surface area contributed by atoms with Crippen LogP contribution in [0.4, 0.5) is 4.79 Å². The second-order valence-electron chi connectivity index (χ2n) is 9.74. The molecular formula is C26H35NO13. The van der Waals surface area contributed by atoms with Crippen molar-refractivity contribution in [3.63, 3.8) is 0 Å². The number of hydrogen-bond donors (Lipinski definition) is 2. The molecule has 1 aromatic carbocycles. The summed E-state index contributed by atoms with van der Waals surface area (Å²) in [6, 6.07) is 4.52. The number of carbonyl (C=O) groups is 5. The number of benzene rings is 1. The highest BCUT2D eigenvalue weighted by Gasteiger charge is 2.56. The van der Waals surface area contributed by atoms with Gasteiger partial charge in [-0.3, -0.25) is 14.4 Å². The van der Waals surface area contributed by atoms with Crippen molar-refractivity contribution in [2.75, 3.05) is 7.11 Å². The van der Waals surface area contributed by atoms with Crippen LogP contribution in [0.3, 0.4) is 0 Å². The molecule has 2 N–H and O–H groups in total. The first-order chi connectivity index (χ1) is 18.6. The smallest absolute Gasteiger partial charge is 0.407 e. The summed E-state index contributed by atoms with van der Waals surface area (Å²) in [5.74, 6) is -3.39. The Labute approximate surface area is 231 Å². The Kier molecular flexibility index (Phi) is 11.3. The van der Waals surface area contributed by atoms with E-state index in [-0.39, 0.29) is 18.9 Å². The number of nitrogens with one attached hydrogen (secondary N) is 1. The number of methoxy groups -OCH3 is 1. The van der Waals surface area contributed by atoms with Gasteiger partial charge in [-0.2, -0.15) is 0 Å². The Morgan fingerprint density at radius 3 is 2.02 bits per heavy atom. The summed E-state index contributed by atoms with van der Waals surface area (Å²) >= 11 is 0. The van der Waals surface area contributed by atoms with Crippen molar-refractivity contribution in [1.82, 2.24) is 5.32 Å². The number of carbonyl (C=O) groups excluding carboxylic acids is 5. The molecule has 0 unspecified atom stereocenters. The Morgan fingerprint density at radius 1 is 0.925 bits per heavy atom. The summed E-state index contributed by atoms with van der Waals surface area (Å²) in [6.07, 6.45) is -8.56. The lowest BCUT2D eigenvalue weighted by atomic mass is 9.97. The van der Waals surface area contributed by atoms with E-state index in [0.29, 0.717) is 11.1 Å². The number of rotatable bonds is 9. The van der Waals surface area contributed by atoms with Crippen LogP contribution in [-0.2, 0) is 60.8 Å². The van der Waals surface area contributed by atoms with Gasteiger partial charge in [0.2, 0.25) is 12.4 Å². The molecule has 14 heteroatoms. The van der Waals surface area contributed by atoms with Crippen molar-refractivity contribution in [2.24, 2.45) is 0 Å². The predicted octanol–water partition coefficient (Wildman–Crippen LogP) is 1.28. The molecule has 40 heavy (non-hydrogen) atoms. The molecule has 0 aromatic heterocycles. The number of aliphatic hydroxyl groups is 1. The highest BCUT2D eigenvalue weighted by molar-refractivity contribution is 5.77. The lowest BCUT2D eigenvalue weighted by Crippen LogP contribution is -2.64. The van der Waals surface area contributed by atoms with Crippen molar-refractivity contribution in [2.45, 2.75) is 91.0 Å². The summed E-state index contributed by atoms with van der Waals surface area (Å²) < 4.78 is 37.7. The molecule has 14 nitrogen and oxygen atoms in total. The number of esters is 4. The zero-order valence-electron chi connectivity index (χ0n) is 23.4. The fraction of sp³-hybridized carbons (Fsp3) is 0.577. The first-order valence-corrected chi connectivity index (χ1v) is 12.3. The normalized spacial score (nSPS) is 22.4. The zero-order chi connectivity index (χ0) is 30.2. The van der Waals surface area contributed by atoms with Crippen LogP contribution in [0, 0.1) is 0 Å². The van der Waals surface area contributed by atoms with E-state index in [0.717, 1.165) is 27.9 Å². The molecule has 1 saturated heterocycles. The Morgan fingerprint density at radius 2 is 1.50 bits per heavy atom. The number of alkyl carbamates (subject to hydrolysis) is 1. The highest BCUT2D eigenvalue weighted by Crippen LogP contribution is 2.32. The first-order valence-electron chi connectivity index (χ1n) is 12.3. The van der Waals surface area contributed by atoms with Gasteiger partial charge in [0.1, 0.15) is 11.4 Å². The molecule has 1 aliphatic rings. The maximum absolute atomic E-state index is 12.6. The van der Waals surface area contributed by atoms with E-state index in [2.05, 4.69) is 5.32 Å². The van der Waals surface area contributed by atoms with Gasteiger partial charge in [0, 0.05) is 32.9 Å². The van der Waals surface area contributed by atoms with Gasteiger partial charge in [0.25, 0.3) is 0 Å². The number of amides is 1.